The molecule has 1 aliphatic carbocycles. The molecule has 0 atom stereocenters. The van der Waals surface area contributed by atoms with E-state index in [1.165, 1.54) is 60.0 Å². The third-order valence-corrected chi connectivity index (χ3v) is 6.26. The molecule has 1 saturated carbocycles. The summed E-state index contributed by atoms with van der Waals surface area (Å²) in [6.45, 7) is 4.65. The number of benzene rings is 1. The summed E-state index contributed by atoms with van der Waals surface area (Å²) < 4.78 is 2.43. The molecular weight excluding hydrogens is 362 g/mol. The second-order valence-corrected chi connectivity index (χ2v) is 8.06. The first-order chi connectivity index (χ1) is 14.4. The van der Waals surface area contributed by atoms with Gasteiger partial charge in [0.05, 0.1) is 18.0 Å². The van der Waals surface area contributed by atoms with E-state index in [1.54, 1.807) is 0 Å². The summed E-state index contributed by atoms with van der Waals surface area (Å²) in [5.41, 5.74) is 7.38. The number of nitrogens with one attached hydrogen (secondary N) is 1. The molecule has 2 aliphatic rings. The van der Waals surface area contributed by atoms with E-state index < -0.39 is 0 Å². The Labute approximate surface area is 172 Å². The number of hydrogen-bond acceptors (Lipinski definition) is 4. The van der Waals surface area contributed by atoms with Crippen molar-refractivity contribution in [2.75, 3.05) is 18.5 Å². The minimum atomic E-state index is 0.373. The molecule has 5 nitrogen and oxygen atoms in total. The molecule has 2 aromatic heterocycles. The Kier molecular flexibility index (Phi) is 5.25. The first kappa shape index (κ1) is 18.6. The topological polar surface area (TPSA) is 48.3 Å². The van der Waals surface area contributed by atoms with Crippen LogP contribution in [0, 0.1) is 0 Å². The maximum Gasteiger partial charge on any atom is 0.141 e. The van der Waals surface area contributed by atoms with Crippen LogP contribution in [0.3, 0.4) is 0 Å². The zero-order valence-corrected chi connectivity index (χ0v) is 17.1. The number of anilines is 1. The van der Waals surface area contributed by atoms with Crippen LogP contribution >= 0.6 is 0 Å². The number of nitrogens with zero attached hydrogens (tertiary/aromatic N) is 2. The van der Waals surface area contributed by atoms with E-state index in [0.717, 1.165) is 24.4 Å². The van der Waals surface area contributed by atoms with Crippen molar-refractivity contribution in [3.8, 4) is 11.3 Å². The van der Waals surface area contributed by atoms with Crippen molar-refractivity contribution >= 4 is 16.7 Å². The zero-order valence-electron chi connectivity index (χ0n) is 17.1. The van der Waals surface area contributed by atoms with Gasteiger partial charge in [-0.1, -0.05) is 37.5 Å². The maximum absolute atomic E-state index is 5.28. The SMILES string of the molecule is CCOOCc1ccc2c(C3CCCCC3)c3n(c2n1)CCNc1ccccc1-3. The molecule has 1 fully saturated rings. The third-order valence-electron chi connectivity index (χ3n) is 6.26. The van der Waals surface area contributed by atoms with Crippen molar-refractivity contribution in [1.29, 1.82) is 0 Å². The molecule has 1 aromatic carbocycles. The molecule has 5 rings (SSSR count). The monoisotopic (exact) mass is 391 g/mol. The minimum Gasteiger partial charge on any atom is -0.383 e. The molecule has 0 amide bonds. The Morgan fingerprint density at radius 2 is 1.93 bits per heavy atom. The summed E-state index contributed by atoms with van der Waals surface area (Å²) in [6, 6.07) is 13.1. The van der Waals surface area contributed by atoms with Gasteiger partial charge in [-0.05, 0) is 49.4 Å². The van der Waals surface area contributed by atoms with Crippen molar-refractivity contribution in [3.63, 3.8) is 0 Å². The summed E-state index contributed by atoms with van der Waals surface area (Å²) >= 11 is 0. The fraction of sp³-hybridized carbons (Fsp3) is 0.458. The number of hydrogen-bond donors (Lipinski definition) is 1. The van der Waals surface area contributed by atoms with Crippen molar-refractivity contribution in [2.24, 2.45) is 0 Å². The van der Waals surface area contributed by atoms with Crippen LogP contribution < -0.4 is 5.32 Å². The summed E-state index contributed by atoms with van der Waals surface area (Å²) in [5, 5.41) is 4.93. The van der Waals surface area contributed by atoms with Gasteiger partial charge in [0.2, 0.25) is 0 Å². The Morgan fingerprint density at radius 3 is 2.79 bits per heavy atom. The van der Waals surface area contributed by atoms with Gasteiger partial charge in [-0.25, -0.2) is 14.8 Å². The molecule has 29 heavy (non-hydrogen) atoms. The highest BCUT2D eigenvalue weighted by Gasteiger charge is 2.29. The van der Waals surface area contributed by atoms with Gasteiger partial charge in [0, 0.05) is 29.7 Å². The maximum atomic E-state index is 5.28. The summed E-state index contributed by atoms with van der Waals surface area (Å²) in [4.78, 5) is 15.4. The first-order valence-corrected chi connectivity index (χ1v) is 11.0. The van der Waals surface area contributed by atoms with E-state index in [-0.39, 0.29) is 0 Å². The molecule has 3 aromatic rings. The lowest BCUT2D eigenvalue weighted by molar-refractivity contribution is -0.301. The second-order valence-electron chi connectivity index (χ2n) is 8.06. The Hall–Kier alpha value is -2.37. The van der Waals surface area contributed by atoms with Gasteiger partial charge < -0.3 is 9.88 Å². The highest BCUT2D eigenvalue weighted by atomic mass is 17.2. The number of rotatable bonds is 5. The predicted octanol–water partition coefficient (Wildman–Crippen LogP) is 5.64. The standard InChI is InChI=1S/C24H29N3O2/c1-2-28-29-16-18-12-13-20-22(17-8-4-3-5-9-17)23-19-10-6-7-11-21(19)25-14-15-27(23)24(20)26-18/h6-7,10-13,17,25H,2-5,8-9,14-16H2,1H3. The first-order valence-electron chi connectivity index (χ1n) is 11.0. The molecule has 0 unspecified atom stereocenters. The highest BCUT2D eigenvalue weighted by molar-refractivity contribution is 5.93. The fourth-order valence-electron chi connectivity index (χ4n) is 5.01. The number of fused-ring (bicyclic) bond motifs is 5. The largest absolute Gasteiger partial charge is 0.383 e. The lowest BCUT2D eigenvalue weighted by atomic mass is 9.82. The molecule has 1 aliphatic heterocycles. The van der Waals surface area contributed by atoms with Gasteiger partial charge >= 0.3 is 0 Å². The average molecular weight is 392 g/mol. The van der Waals surface area contributed by atoms with Crippen molar-refractivity contribution < 1.29 is 9.78 Å². The number of aromatic nitrogens is 2. The Morgan fingerprint density at radius 1 is 1.07 bits per heavy atom. The highest BCUT2D eigenvalue weighted by Crippen LogP contribution is 2.45. The molecular formula is C24H29N3O2. The molecule has 152 valence electrons. The quantitative estimate of drug-likeness (QED) is 0.347. The van der Waals surface area contributed by atoms with Crippen LogP contribution in [0.25, 0.3) is 22.3 Å². The van der Waals surface area contributed by atoms with Gasteiger partial charge in [0.1, 0.15) is 12.3 Å². The second kappa shape index (κ2) is 8.17. The van der Waals surface area contributed by atoms with E-state index in [9.17, 15) is 0 Å². The van der Waals surface area contributed by atoms with Gasteiger partial charge in [-0.2, -0.15) is 0 Å². The molecule has 0 bridgehead atoms. The molecule has 0 saturated heterocycles. The lowest BCUT2D eigenvalue weighted by Crippen LogP contribution is -2.09. The van der Waals surface area contributed by atoms with Gasteiger partial charge in [-0.3, -0.25) is 0 Å². The normalized spacial score (nSPS) is 16.9. The van der Waals surface area contributed by atoms with Crippen LogP contribution in [0.1, 0.15) is 56.2 Å². The molecule has 3 heterocycles. The molecule has 5 heteroatoms. The van der Waals surface area contributed by atoms with Crippen molar-refractivity contribution in [3.05, 3.63) is 47.7 Å². The van der Waals surface area contributed by atoms with Crippen molar-refractivity contribution in [2.45, 2.75) is 58.1 Å². The van der Waals surface area contributed by atoms with Crippen molar-refractivity contribution in [1.82, 2.24) is 9.55 Å². The summed E-state index contributed by atoms with van der Waals surface area (Å²) in [5.74, 6) is 0.612. The van der Waals surface area contributed by atoms with E-state index in [1.807, 2.05) is 6.92 Å². The van der Waals surface area contributed by atoms with Crippen LogP contribution in [-0.4, -0.2) is 22.7 Å². The van der Waals surface area contributed by atoms with E-state index in [0.29, 0.717) is 19.1 Å². The van der Waals surface area contributed by atoms with Gasteiger partial charge in [0.25, 0.3) is 0 Å². The Bertz CT molecular complexity index is 1000. The zero-order chi connectivity index (χ0) is 19.6. The average Bonchev–Trinajstić information content (AvgIpc) is 2.96. The smallest absolute Gasteiger partial charge is 0.141 e. The van der Waals surface area contributed by atoms with Crippen LogP contribution in [-0.2, 0) is 22.9 Å². The van der Waals surface area contributed by atoms with Crippen LogP contribution in [0.5, 0.6) is 0 Å². The lowest BCUT2D eigenvalue weighted by Gasteiger charge is -2.23. The van der Waals surface area contributed by atoms with Crippen LogP contribution in [0.4, 0.5) is 5.69 Å². The summed E-state index contributed by atoms with van der Waals surface area (Å²) in [6.07, 6.45) is 6.56. The third kappa shape index (κ3) is 3.43. The number of pyridine rings is 1. The Balaban J connectivity index is 1.70. The predicted molar refractivity (Wildman–Crippen MR) is 116 cm³/mol. The van der Waals surface area contributed by atoms with Gasteiger partial charge in [0.15, 0.2) is 0 Å². The van der Waals surface area contributed by atoms with E-state index in [2.05, 4.69) is 46.3 Å². The van der Waals surface area contributed by atoms with Crippen LogP contribution in [0.2, 0.25) is 0 Å². The van der Waals surface area contributed by atoms with E-state index >= 15 is 0 Å². The molecule has 0 radical (unpaired) electrons. The van der Waals surface area contributed by atoms with Crippen LogP contribution in [0.15, 0.2) is 36.4 Å². The van der Waals surface area contributed by atoms with E-state index in [4.69, 9.17) is 14.8 Å². The fourth-order valence-corrected chi connectivity index (χ4v) is 5.01. The summed E-state index contributed by atoms with van der Waals surface area (Å²) in [7, 11) is 0. The molecule has 0 spiro atoms. The van der Waals surface area contributed by atoms with Gasteiger partial charge in [-0.15, -0.1) is 0 Å². The minimum absolute atomic E-state index is 0.373. The number of para-hydroxylation sites is 1. The molecule has 1 N–H and O–H groups in total.